The fourth-order valence-electron chi connectivity index (χ4n) is 4.51. The van der Waals surface area contributed by atoms with Crippen molar-refractivity contribution in [3.05, 3.63) is 62.0 Å². The molecule has 182 valence electrons. The highest BCUT2D eigenvalue weighted by atomic mass is 32.2. The number of para-hydroxylation sites is 1. The maximum atomic E-state index is 14.3. The molecule has 2 aromatic rings. The fraction of sp³-hybridized carbons (Fsp3) is 0.360. The summed E-state index contributed by atoms with van der Waals surface area (Å²) < 4.78 is 16.3. The Kier molecular flexibility index (Phi) is 7.28. The number of amides is 1. The Morgan fingerprint density at radius 1 is 1.17 bits per heavy atom. The molecule has 0 bridgehead atoms. The average Bonchev–Trinajstić information content (AvgIpc) is 3.11. The molecule has 0 N–H and O–H groups in total. The minimum Gasteiger partial charge on any atom is -0.366 e. The van der Waals surface area contributed by atoms with Crippen LogP contribution in [-0.4, -0.2) is 52.4 Å². The molecule has 0 radical (unpaired) electrons. The number of hydrogen-bond acceptors (Lipinski definition) is 7. The molecule has 1 aromatic carbocycles. The maximum absolute atomic E-state index is 14.3. The molecule has 2 saturated heterocycles. The second-order valence-corrected chi connectivity index (χ2v) is 10.1. The highest BCUT2D eigenvalue weighted by molar-refractivity contribution is 8.26. The van der Waals surface area contributed by atoms with Gasteiger partial charge in [0, 0.05) is 45.3 Å². The van der Waals surface area contributed by atoms with Gasteiger partial charge in [-0.05, 0) is 37.1 Å². The Balaban J connectivity index is 1.74. The normalized spacial score (nSPS) is 17.5. The van der Waals surface area contributed by atoms with Crippen LogP contribution in [0.4, 0.5) is 15.9 Å². The lowest BCUT2D eigenvalue weighted by Crippen LogP contribution is -2.48. The molecule has 10 heteroatoms. The Bertz CT molecular complexity index is 1320. The van der Waals surface area contributed by atoms with Gasteiger partial charge in [0.1, 0.15) is 27.6 Å². The first-order valence-electron chi connectivity index (χ1n) is 11.4. The molecule has 2 aliphatic rings. The SMILES string of the molecule is CCCN1C(=O)C(=Cc2c(C)c(C#N)c(=O)n(C)c2N2CCN(c3ccccc3F)CC2)SC1=S. The quantitative estimate of drug-likeness (QED) is 0.448. The number of rotatable bonds is 5. The number of thiocarbonyl (C=S) groups is 1. The van der Waals surface area contributed by atoms with Crippen LogP contribution in [-0.2, 0) is 11.8 Å². The summed E-state index contributed by atoms with van der Waals surface area (Å²) in [7, 11) is 1.64. The van der Waals surface area contributed by atoms with Crippen LogP contribution >= 0.6 is 24.0 Å². The summed E-state index contributed by atoms with van der Waals surface area (Å²) in [6, 6.07) is 8.71. The topological polar surface area (TPSA) is 72.6 Å². The van der Waals surface area contributed by atoms with Crippen LogP contribution in [0, 0.1) is 24.1 Å². The molecule has 0 unspecified atom stereocenters. The van der Waals surface area contributed by atoms with E-state index in [4.69, 9.17) is 12.2 Å². The van der Waals surface area contributed by atoms with E-state index in [1.807, 2.05) is 24.0 Å². The number of halogens is 1. The van der Waals surface area contributed by atoms with Crippen molar-refractivity contribution in [2.45, 2.75) is 20.3 Å². The molecule has 0 atom stereocenters. The van der Waals surface area contributed by atoms with Crippen LogP contribution in [0.5, 0.6) is 0 Å². The highest BCUT2D eigenvalue weighted by Gasteiger charge is 2.33. The summed E-state index contributed by atoms with van der Waals surface area (Å²) in [5.41, 5.74) is 1.41. The molecule has 0 spiro atoms. The lowest BCUT2D eigenvalue weighted by atomic mass is 10.0. The highest BCUT2D eigenvalue weighted by Crippen LogP contribution is 2.36. The number of nitrogens with zero attached hydrogens (tertiary/aromatic N) is 5. The van der Waals surface area contributed by atoms with Crippen LogP contribution in [0.25, 0.3) is 6.08 Å². The predicted molar refractivity (Wildman–Crippen MR) is 142 cm³/mol. The summed E-state index contributed by atoms with van der Waals surface area (Å²) in [5, 5.41) is 9.66. The van der Waals surface area contributed by atoms with Crippen molar-refractivity contribution in [3.63, 3.8) is 0 Å². The largest absolute Gasteiger partial charge is 0.366 e. The first-order chi connectivity index (χ1) is 16.8. The van der Waals surface area contributed by atoms with Gasteiger partial charge >= 0.3 is 0 Å². The van der Waals surface area contributed by atoms with Gasteiger partial charge in [0.2, 0.25) is 0 Å². The zero-order valence-corrected chi connectivity index (χ0v) is 21.5. The number of thioether (sulfide) groups is 1. The van der Waals surface area contributed by atoms with E-state index >= 15 is 0 Å². The number of carbonyl (C=O) groups is 1. The lowest BCUT2D eigenvalue weighted by Gasteiger charge is -2.38. The monoisotopic (exact) mass is 511 g/mol. The first kappa shape index (κ1) is 24.9. The first-order valence-corrected chi connectivity index (χ1v) is 12.6. The van der Waals surface area contributed by atoms with E-state index in [2.05, 4.69) is 4.90 Å². The van der Waals surface area contributed by atoms with Crippen molar-refractivity contribution >= 4 is 51.8 Å². The molecular weight excluding hydrogens is 485 g/mol. The number of pyridine rings is 1. The molecular formula is C25H26FN5O2S2. The molecule has 4 rings (SSSR count). The Hall–Kier alpha value is -3.16. The molecule has 2 aliphatic heterocycles. The van der Waals surface area contributed by atoms with Gasteiger partial charge in [-0.25, -0.2) is 4.39 Å². The van der Waals surface area contributed by atoms with Crippen LogP contribution in [0.15, 0.2) is 34.0 Å². The third kappa shape index (κ3) is 4.58. The fourth-order valence-corrected chi connectivity index (χ4v) is 5.80. The molecule has 1 aromatic heterocycles. The number of aromatic nitrogens is 1. The minimum atomic E-state index is -0.382. The smallest absolute Gasteiger partial charge is 0.270 e. The molecule has 2 fully saturated rings. The van der Waals surface area contributed by atoms with Gasteiger partial charge in [-0.15, -0.1) is 0 Å². The van der Waals surface area contributed by atoms with Gasteiger partial charge in [-0.2, -0.15) is 5.26 Å². The Labute approximate surface area is 213 Å². The van der Waals surface area contributed by atoms with Gasteiger partial charge < -0.3 is 9.80 Å². The number of benzene rings is 1. The van der Waals surface area contributed by atoms with E-state index in [0.717, 1.165) is 6.42 Å². The third-order valence-corrected chi connectivity index (χ3v) is 7.71. The molecule has 0 aliphatic carbocycles. The second kappa shape index (κ2) is 10.2. The van der Waals surface area contributed by atoms with Crippen LogP contribution in [0.3, 0.4) is 0 Å². The van der Waals surface area contributed by atoms with Gasteiger partial charge in [0.15, 0.2) is 0 Å². The summed E-state index contributed by atoms with van der Waals surface area (Å²) in [5.74, 6) is 0.210. The average molecular weight is 512 g/mol. The second-order valence-electron chi connectivity index (χ2n) is 8.47. The van der Waals surface area contributed by atoms with Gasteiger partial charge in [-0.1, -0.05) is 43.0 Å². The predicted octanol–water partition coefficient (Wildman–Crippen LogP) is 3.64. The summed E-state index contributed by atoms with van der Waals surface area (Å²) in [4.78, 5) is 32.1. The van der Waals surface area contributed by atoms with Crippen molar-refractivity contribution in [2.24, 2.45) is 7.05 Å². The van der Waals surface area contributed by atoms with Crippen LogP contribution in [0.1, 0.15) is 30.0 Å². The molecule has 0 saturated carbocycles. The van der Waals surface area contributed by atoms with E-state index in [-0.39, 0.29) is 22.8 Å². The van der Waals surface area contributed by atoms with E-state index in [0.29, 0.717) is 64.6 Å². The zero-order valence-electron chi connectivity index (χ0n) is 19.9. The zero-order chi connectivity index (χ0) is 25.3. The Morgan fingerprint density at radius 2 is 1.83 bits per heavy atom. The number of carbonyl (C=O) groups excluding carboxylic acids is 1. The summed E-state index contributed by atoms with van der Waals surface area (Å²) in [6.45, 7) is 6.48. The molecule has 35 heavy (non-hydrogen) atoms. The standard InChI is InChI=1S/C25H26FN5O2S2/c1-4-9-31-24(33)21(35-25(31)34)14-17-16(2)18(15-27)23(32)28(3)22(17)30-12-10-29(11-13-30)20-8-6-5-7-19(20)26/h5-8,14H,4,9-13H2,1-3H3. The van der Waals surface area contributed by atoms with Crippen molar-refractivity contribution in [2.75, 3.05) is 42.5 Å². The molecule has 1 amide bonds. The van der Waals surface area contributed by atoms with Crippen molar-refractivity contribution in [3.8, 4) is 6.07 Å². The summed E-state index contributed by atoms with van der Waals surface area (Å²) >= 11 is 6.64. The van der Waals surface area contributed by atoms with Crippen molar-refractivity contribution in [1.29, 1.82) is 5.26 Å². The van der Waals surface area contributed by atoms with Crippen LogP contribution < -0.4 is 15.4 Å². The number of anilines is 2. The van der Waals surface area contributed by atoms with Gasteiger partial charge in [0.05, 0.1) is 10.6 Å². The number of piperazine rings is 1. The minimum absolute atomic E-state index is 0.0523. The third-order valence-electron chi connectivity index (χ3n) is 6.34. The van der Waals surface area contributed by atoms with Gasteiger partial charge in [-0.3, -0.25) is 19.1 Å². The van der Waals surface area contributed by atoms with Crippen LogP contribution in [0.2, 0.25) is 0 Å². The van der Waals surface area contributed by atoms with E-state index in [9.17, 15) is 19.2 Å². The van der Waals surface area contributed by atoms with Crippen molar-refractivity contribution in [1.82, 2.24) is 9.47 Å². The lowest BCUT2D eigenvalue weighted by molar-refractivity contribution is -0.122. The van der Waals surface area contributed by atoms with Crippen molar-refractivity contribution < 1.29 is 9.18 Å². The van der Waals surface area contributed by atoms with E-state index in [1.165, 1.54) is 22.4 Å². The van der Waals surface area contributed by atoms with E-state index in [1.54, 1.807) is 37.1 Å². The summed E-state index contributed by atoms with van der Waals surface area (Å²) in [6.07, 6.45) is 2.54. The van der Waals surface area contributed by atoms with E-state index < -0.39 is 0 Å². The number of nitriles is 1. The van der Waals surface area contributed by atoms with Gasteiger partial charge in [0.25, 0.3) is 11.5 Å². The Morgan fingerprint density at radius 3 is 2.46 bits per heavy atom. The molecule has 3 heterocycles. The number of hydrogen-bond donors (Lipinski definition) is 0. The molecule has 7 nitrogen and oxygen atoms in total. The maximum Gasteiger partial charge on any atom is 0.270 e.